The van der Waals surface area contributed by atoms with Crippen LogP contribution < -0.4 is 15.6 Å². The van der Waals surface area contributed by atoms with E-state index in [-0.39, 0.29) is 38.8 Å². The Labute approximate surface area is 213 Å². The third kappa shape index (κ3) is 4.85. The first-order valence-electron chi connectivity index (χ1n) is 11.0. The summed E-state index contributed by atoms with van der Waals surface area (Å²) in [5.74, 6) is -2.79. The van der Waals surface area contributed by atoms with E-state index in [0.29, 0.717) is 5.56 Å². The minimum Gasteiger partial charge on any atom is -0.489 e. The van der Waals surface area contributed by atoms with Gasteiger partial charge in [-0.15, -0.1) is 13.2 Å². The van der Waals surface area contributed by atoms with E-state index in [4.69, 9.17) is 9.26 Å². The summed E-state index contributed by atoms with van der Waals surface area (Å²) < 4.78 is 50.9. The van der Waals surface area contributed by atoms with Crippen molar-refractivity contribution in [3.8, 4) is 11.8 Å². The van der Waals surface area contributed by atoms with Crippen LogP contribution in [0.25, 0.3) is 0 Å². The first-order valence-corrected chi connectivity index (χ1v) is 11.0. The molecule has 3 aromatic heterocycles. The van der Waals surface area contributed by atoms with Crippen LogP contribution in [0.3, 0.4) is 0 Å². The van der Waals surface area contributed by atoms with Crippen LogP contribution in [0.2, 0.25) is 0 Å². The Morgan fingerprint density at radius 1 is 1.26 bits per heavy atom. The van der Waals surface area contributed by atoms with Crippen LogP contribution in [0, 0.1) is 11.3 Å². The number of anilines is 1. The average molecular weight is 527 g/mol. The molecule has 3 heterocycles. The van der Waals surface area contributed by atoms with Gasteiger partial charge < -0.3 is 14.6 Å². The molecule has 2 unspecified atom stereocenters. The summed E-state index contributed by atoms with van der Waals surface area (Å²) in [4.78, 5) is 30.6. The molecule has 1 aromatic carbocycles. The number of nitrogens with zero attached hydrogens (tertiary/aromatic N) is 6. The second-order valence-corrected chi connectivity index (χ2v) is 8.23. The highest BCUT2D eigenvalue weighted by atomic mass is 19.4. The van der Waals surface area contributed by atoms with E-state index in [1.807, 2.05) is 0 Å². The highest BCUT2D eigenvalue weighted by Gasteiger charge is 2.35. The number of amides is 1. The molecule has 0 aliphatic rings. The van der Waals surface area contributed by atoms with Crippen molar-refractivity contribution >= 4 is 11.6 Å². The number of nitrogens with one attached hydrogen (secondary N) is 1. The molecule has 14 heteroatoms. The van der Waals surface area contributed by atoms with E-state index in [2.05, 4.69) is 26.6 Å². The van der Waals surface area contributed by atoms with Gasteiger partial charge in [-0.1, -0.05) is 30.3 Å². The molecule has 2 atom stereocenters. The van der Waals surface area contributed by atoms with Crippen molar-refractivity contribution in [3.05, 3.63) is 87.7 Å². The van der Waals surface area contributed by atoms with E-state index in [1.54, 1.807) is 25.1 Å². The fraction of sp³-hybridized carbons (Fsp3) is 0.250. The zero-order valence-electron chi connectivity index (χ0n) is 20.2. The van der Waals surface area contributed by atoms with Crippen molar-refractivity contribution < 1.29 is 27.2 Å². The molecule has 4 rings (SSSR count). The molecule has 11 nitrogen and oxygen atoms in total. The SMILES string of the molecule is COc1c(C(=O)Nc2cnoc2)nc(C(C)C(c2cnn(C(F)(F)F)c2)c2ccccc2C#N)n(C)c1=O. The predicted octanol–water partition coefficient (Wildman–Crippen LogP) is 3.51. The molecule has 0 saturated carbocycles. The second kappa shape index (κ2) is 10.2. The summed E-state index contributed by atoms with van der Waals surface area (Å²) in [5, 5.41) is 19.1. The maximum atomic E-state index is 13.4. The lowest BCUT2D eigenvalue weighted by Gasteiger charge is -2.26. The average Bonchev–Trinajstić information content (AvgIpc) is 3.58. The number of nitriles is 1. The van der Waals surface area contributed by atoms with Crippen LogP contribution in [0.15, 0.2) is 58.4 Å². The molecule has 1 N–H and O–H groups in total. The van der Waals surface area contributed by atoms with Crippen LogP contribution in [0.4, 0.5) is 18.9 Å². The standard InChI is InChI=1S/C24H20F3N7O4/c1-13(18(17-7-5-4-6-14(17)8-28)15-9-29-34(11-15)24(25,26)27)21-32-19(20(37-3)23(36)33(21)2)22(35)31-16-10-30-38-12-16/h4-7,9-13,18H,1-3H3,(H,31,35). The molecule has 38 heavy (non-hydrogen) atoms. The molecule has 4 aromatic rings. The molecule has 0 saturated heterocycles. The van der Waals surface area contributed by atoms with Crippen molar-refractivity contribution in [2.45, 2.75) is 25.1 Å². The molecule has 0 bridgehead atoms. The Bertz CT molecular complexity index is 1570. The lowest BCUT2D eigenvalue weighted by Crippen LogP contribution is -2.31. The maximum Gasteiger partial charge on any atom is 0.504 e. The number of alkyl halides is 3. The van der Waals surface area contributed by atoms with Crippen molar-refractivity contribution in [1.29, 1.82) is 5.26 Å². The number of carbonyl (C=O) groups is 1. The summed E-state index contributed by atoms with van der Waals surface area (Å²) in [6, 6.07) is 8.45. The summed E-state index contributed by atoms with van der Waals surface area (Å²) in [5.41, 5.74) is -0.111. The quantitative estimate of drug-likeness (QED) is 0.385. The van der Waals surface area contributed by atoms with Gasteiger partial charge in [-0.3, -0.25) is 14.2 Å². The lowest BCUT2D eigenvalue weighted by molar-refractivity contribution is -0.212. The Morgan fingerprint density at radius 3 is 2.61 bits per heavy atom. The second-order valence-electron chi connectivity index (χ2n) is 8.23. The van der Waals surface area contributed by atoms with Crippen molar-refractivity contribution in [2.24, 2.45) is 7.05 Å². The number of halogens is 3. The summed E-state index contributed by atoms with van der Waals surface area (Å²) >= 11 is 0. The highest BCUT2D eigenvalue weighted by molar-refractivity contribution is 6.04. The van der Waals surface area contributed by atoms with Gasteiger partial charge in [0.2, 0.25) is 5.75 Å². The smallest absolute Gasteiger partial charge is 0.489 e. The predicted molar refractivity (Wildman–Crippen MR) is 125 cm³/mol. The molecular weight excluding hydrogens is 507 g/mol. The number of ether oxygens (including phenoxy) is 1. The molecule has 1 amide bonds. The van der Waals surface area contributed by atoms with Crippen molar-refractivity contribution in [3.63, 3.8) is 0 Å². The van der Waals surface area contributed by atoms with E-state index in [9.17, 15) is 28.0 Å². The van der Waals surface area contributed by atoms with Crippen LogP contribution in [-0.2, 0) is 13.3 Å². The van der Waals surface area contributed by atoms with Crippen LogP contribution in [-0.4, -0.2) is 37.5 Å². The van der Waals surface area contributed by atoms with E-state index in [1.165, 1.54) is 32.7 Å². The fourth-order valence-electron chi connectivity index (χ4n) is 4.19. The van der Waals surface area contributed by atoms with Gasteiger partial charge in [0.05, 0.1) is 31.1 Å². The van der Waals surface area contributed by atoms with Gasteiger partial charge in [0.25, 0.3) is 11.5 Å². The molecule has 0 radical (unpaired) electrons. The monoisotopic (exact) mass is 527 g/mol. The van der Waals surface area contributed by atoms with E-state index in [0.717, 1.165) is 17.0 Å². The molecule has 0 fully saturated rings. The van der Waals surface area contributed by atoms with E-state index < -0.39 is 29.6 Å². The Hall–Kier alpha value is -4.93. The summed E-state index contributed by atoms with van der Waals surface area (Å²) in [6.07, 6.45) is -0.496. The van der Waals surface area contributed by atoms with Gasteiger partial charge in [-0.05, 0) is 17.2 Å². The van der Waals surface area contributed by atoms with Crippen LogP contribution >= 0.6 is 0 Å². The number of methoxy groups -OCH3 is 1. The maximum absolute atomic E-state index is 13.4. The highest BCUT2D eigenvalue weighted by Crippen LogP contribution is 2.39. The number of benzene rings is 1. The lowest BCUT2D eigenvalue weighted by atomic mass is 9.80. The number of hydrogen-bond acceptors (Lipinski definition) is 8. The zero-order chi connectivity index (χ0) is 27.6. The Morgan fingerprint density at radius 2 is 2.00 bits per heavy atom. The first-order chi connectivity index (χ1) is 18.1. The summed E-state index contributed by atoms with van der Waals surface area (Å²) in [7, 11) is 2.60. The summed E-state index contributed by atoms with van der Waals surface area (Å²) in [6.45, 7) is 1.62. The minimum absolute atomic E-state index is 0.0590. The third-order valence-corrected chi connectivity index (χ3v) is 5.94. The Balaban J connectivity index is 1.89. The van der Waals surface area contributed by atoms with Crippen molar-refractivity contribution in [2.75, 3.05) is 12.4 Å². The number of aromatic nitrogens is 5. The molecule has 0 spiro atoms. The van der Waals surface area contributed by atoms with Gasteiger partial charge in [-0.25, -0.2) is 4.98 Å². The first kappa shape index (κ1) is 26.1. The number of hydrogen-bond donors (Lipinski definition) is 1. The Kier molecular flexibility index (Phi) is 7.02. The van der Waals surface area contributed by atoms with Gasteiger partial charge in [0.1, 0.15) is 17.8 Å². The van der Waals surface area contributed by atoms with Crippen molar-refractivity contribution in [1.82, 2.24) is 24.5 Å². The van der Waals surface area contributed by atoms with Gasteiger partial charge >= 0.3 is 6.30 Å². The molecule has 0 aliphatic carbocycles. The largest absolute Gasteiger partial charge is 0.504 e. The van der Waals surface area contributed by atoms with Gasteiger partial charge in [-0.2, -0.15) is 15.0 Å². The topological polar surface area (TPSA) is 141 Å². The van der Waals surface area contributed by atoms with Gasteiger partial charge in [0, 0.05) is 25.1 Å². The van der Waals surface area contributed by atoms with Crippen LogP contribution in [0.1, 0.15) is 51.8 Å². The van der Waals surface area contributed by atoms with E-state index >= 15 is 0 Å². The fourth-order valence-corrected chi connectivity index (χ4v) is 4.19. The van der Waals surface area contributed by atoms with Gasteiger partial charge in [0.15, 0.2) is 5.69 Å². The molecule has 196 valence electrons. The number of carbonyl (C=O) groups excluding carboxylic acids is 1. The van der Waals surface area contributed by atoms with Crippen LogP contribution in [0.5, 0.6) is 5.75 Å². The minimum atomic E-state index is -4.76. The zero-order valence-corrected chi connectivity index (χ0v) is 20.2. The normalized spacial score (nSPS) is 13.0. The number of rotatable bonds is 7. The molecular formula is C24H20F3N7O4. The third-order valence-electron chi connectivity index (χ3n) is 5.94. The molecule has 0 aliphatic heterocycles.